The van der Waals surface area contributed by atoms with Crippen molar-refractivity contribution < 1.29 is 13.2 Å². The van der Waals surface area contributed by atoms with Crippen LogP contribution >= 0.6 is 11.6 Å². The fourth-order valence-electron chi connectivity index (χ4n) is 1.30. The van der Waals surface area contributed by atoms with E-state index in [9.17, 15) is 8.42 Å². The highest BCUT2D eigenvalue weighted by Crippen LogP contribution is 2.08. The number of alkyl halides is 1. The molecule has 0 saturated carbocycles. The third kappa shape index (κ3) is 4.59. The van der Waals surface area contributed by atoms with Crippen molar-refractivity contribution in [2.45, 2.75) is 17.4 Å². The normalized spacial score (nSPS) is 13.5. The molecule has 7 heteroatoms. The van der Waals surface area contributed by atoms with E-state index in [1.807, 2.05) is 0 Å². The summed E-state index contributed by atoms with van der Waals surface area (Å²) in [6, 6.07) is 2.73. The Kier molecular flexibility index (Phi) is 5.84. The second-order valence-corrected chi connectivity index (χ2v) is 5.53. The fourth-order valence-corrected chi connectivity index (χ4v) is 2.78. The maximum atomic E-state index is 11.9. The van der Waals surface area contributed by atoms with Gasteiger partial charge in [0.25, 0.3) is 0 Å². The molecule has 1 aromatic heterocycles. The van der Waals surface area contributed by atoms with Crippen molar-refractivity contribution in [2.75, 3.05) is 19.6 Å². The largest absolute Gasteiger partial charge is 0.383 e. The molecule has 1 aromatic rings. The van der Waals surface area contributed by atoms with E-state index in [2.05, 4.69) is 9.71 Å². The molecule has 1 heterocycles. The molecule has 0 aliphatic carbocycles. The van der Waals surface area contributed by atoms with E-state index >= 15 is 0 Å². The van der Waals surface area contributed by atoms with Crippen molar-refractivity contribution >= 4 is 21.6 Å². The minimum absolute atomic E-state index is 0.135. The van der Waals surface area contributed by atoms with Crippen molar-refractivity contribution in [3.63, 3.8) is 0 Å². The minimum atomic E-state index is -3.56. The summed E-state index contributed by atoms with van der Waals surface area (Å²) in [4.78, 5) is 3.91. The molecule has 0 saturated heterocycles. The van der Waals surface area contributed by atoms with Gasteiger partial charge in [-0.05, 0) is 18.6 Å². The lowest BCUT2D eigenvalue weighted by Gasteiger charge is -2.16. The van der Waals surface area contributed by atoms with Gasteiger partial charge in [0.1, 0.15) is 4.90 Å². The van der Waals surface area contributed by atoms with Gasteiger partial charge in [-0.1, -0.05) is 0 Å². The van der Waals surface area contributed by atoms with Crippen LogP contribution < -0.4 is 4.72 Å². The van der Waals surface area contributed by atoms with E-state index in [1.54, 1.807) is 6.07 Å². The second kappa shape index (κ2) is 6.90. The Balaban J connectivity index is 2.77. The highest BCUT2D eigenvalue weighted by atomic mass is 35.5. The van der Waals surface area contributed by atoms with Crippen molar-refractivity contribution in [1.82, 2.24) is 9.71 Å². The number of ether oxygens (including phenoxy) is 1. The third-order valence-electron chi connectivity index (χ3n) is 2.09. The summed E-state index contributed by atoms with van der Waals surface area (Å²) in [6.45, 7) is 0.284. The zero-order valence-electron chi connectivity index (χ0n) is 9.47. The number of aromatic nitrogens is 1. The van der Waals surface area contributed by atoms with E-state index in [-0.39, 0.29) is 17.5 Å². The molecule has 0 bridgehead atoms. The number of pyridine rings is 1. The van der Waals surface area contributed by atoms with Gasteiger partial charge < -0.3 is 4.74 Å². The Morgan fingerprint density at radius 1 is 1.59 bits per heavy atom. The number of rotatable bonds is 7. The van der Waals surface area contributed by atoms with Gasteiger partial charge in [-0.25, -0.2) is 13.1 Å². The number of halogens is 1. The van der Waals surface area contributed by atoms with Gasteiger partial charge in [0.05, 0.1) is 6.61 Å². The first-order chi connectivity index (χ1) is 8.10. The van der Waals surface area contributed by atoms with Crippen LogP contribution in [0.2, 0.25) is 0 Å². The number of nitrogens with zero attached hydrogens (tertiary/aromatic N) is 1. The van der Waals surface area contributed by atoms with Crippen LogP contribution in [0.1, 0.15) is 6.42 Å². The summed E-state index contributed by atoms with van der Waals surface area (Å²) < 4.78 is 31.4. The number of hydrogen-bond donors (Lipinski definition) is 1. The molecule has 0 spiro atoms. The predicted octanol–water partition coefficient (Wildman–Crippen LogP) is 1.00. The fraction of sp³-hybridized carbons (Fsp3) is 0.500. The molecule has 1 N–H and O–H groups in total. The smallest absolute Gasteiger partial charge is 0.242 e. The van der Waals surface area contributed by atoms with Crippen LogP contribution in [0.5, 0.6) is 0 Å². The van der Waals surface area contributed by atoms with E-state index < -0.39 is 10.0 Å². The molecule has 1 atom stereocenters. The highest BCUT2D eigenvalue weighted by molar-refractivity contribution is 7.89. The number of methoxy groups -OCH3 is 1. The predicted molar refractivity (Wildman–Crippen MR) is 65.6 cm³/mol. The van der Waals surface area contributed by atoms with Gasteiger partial charge in [-0.2, -0.15) is 0 Å². The van der Waals surface area contributed by atoms with E-state index in [0.29, 0.717) is 12.3 Å². The lowest BCUT2D eigenvalue weighted by Crippen LogP contribution is -2.38. The first kappa shape index (κ1) is 14.4. The van der Waals surface area contributed by atoms with E-state index in [1.165, 1.54) is 25.6 Å². The van der Waals surface area contributed by atoms with Gasteiger partial charge in [-0.3, -0.25) is 4.98 Å². The maximum absolute atomic E-state index is 11.9. The number of sulfonamides is 1. The molecular formula is C10H15ClN2O3S. The monoisotopic (exact) mass is 278 g/mol. The standard InChI is InChI=1S/C10H15ClN2O3S/c1-16-8-9(4-5-11)13-17(14,15)10-3-2-6-12-7-10/h2-3,6-7,9,13H,4-5,8H2,1H3. The maximum Gasteiger partial charge on any atom is 0.242 e. The minimum Gasteiger partial charge on any atom is -0.383 e. The van der Waals surface area contributed by atoms with E-state index in [0.717, 1.165) is 0 Å². The Morgan fingerprint density at radius 3 is 2.88 bits per heavy atom. The number of nitrogens with one attached hydrogen (secondary N) is 1. The Morgan fingerprint density at radius 2 is 2.35 bits per heavy atom. The van der Waals surface area contributed by atoms with Crippen molar-refractivity contribution in [2.24, 2.45) is 0 Å². The first-order valence-corrected chi connectivity index (χ1v) is 7.09. The summed E-state index contributed by atoms with van der Waals surface area (Å²) in [5.41, 5.74) is 0. The highest BCUT2D eigenvalue weighted by Gasteiger charge is 2.19. The van der Waals surface area contributed by atoms with Crippen LogP contribution in [0, 0.1) is 0 Å². The molecule has 96 valence electrons. The van der Waals surface area contributed by atoms with Crippen LogP contribution in [0.25, 0.3) is 0 Å². The SMILES string of the molecule is COCC(CCCl)NS(=O)(=O)c1cccnc1. The molecule has 5 nitrogen and oxygen atoms in total. The van der Waals surface area contributed by atoms with Crippen LogP contribution in [-0.2, 0) is 14.8 Å². The molecule has 0 aliphatic rings. The van der Waals surface area contributed by atoms with Crippen LogP contribution in [0.15, 0.2) is 29.4 Å². The lowest BCUT2D eigenvalue weighted by atomic mass is 10.3. The zero-order valence-corrected chi connectivity index (χ0v) is 11.0. The summed E-state index contributed by atoms with van der Waals surface area (Å²) in [6.07, 6.45) is 3.33. The molecule has 0 fully saturated rings. The number of hydrogen-bond acceptors (Lipinski definition) is 4. The summed E-state index contributed by atoms with van der Waals surface area (Å²) in [5, 5.41) is 0. The van der Waals surface area contributed by atoms with Crippen LogP contribution in [-0.4, -0.2) is 39.0 Å². The molecule has 0 aliphatic heterocycles. The zero-order chi connectivity index (χ0) is 12.7. The summed E-state index contributed by atoms with van der Waals surface area (Å²) in [5.74, 6) is 0.365. The third-order valence-corrected chi connectivity index (χ3v) is 3.82. The first-order valence-electron chi connectivity index (χ1n) is 5.07. The summed E-state index contributed by atoms with van der Waals surface area (Å²) in [7, 11) is -2.04. The van der Waals surface area contributed by atoms with Crippen molar-refractivity contribution in [3.8, 4) is 0 Å². The average Bonchev–Trinajstić information content (AvgIpc) is 2.30. The molecule has 0 aromatic carbocycles. The van der Waals surface area contributed by atoms with Crippen LogP contribution in [0.4, 0.5) is 0 Å². The molecular weight excluding hydrogens is 264 g/mol. The second-order valence-electron chi connectivity index (χ2n) is 3.44. The quantitative estimate of drug-likeness (QED) is 0.756. The Hall–Kier alpha value is -0.690. The topological polar surface area (TPSA) is 68.3 Å². The Labute approximate surface area is 106 Å². The van der Waals surface area contributed by atoms with Gasteiger partial charge >= 0.3 is 0 Å². The van der Waals surface area contributed by atoms with Gasteiger partial charge in [0.15, 0.2) is 0 Å². The van der Waals surface area contributed by atoms with E-state index in [4.69, 9.17) is 16.3 Å². The van der Waals surface area contributed by atoms with Gasteiger partial charge in [0, 0.05) is 31.4 Å². The molecule has 0 amide bonds. The molecule has 1 rings (SSSR count). The average molecular weight is 279 g/mol. The lowest BCUT2D eigenvalue weighted by molar-refractivity contribution is 0.173. The Bertz CT molecular complexity index is 418. The van der Waals surface area contributed by atoms with Crippen molar-refractivity contribution in [3.05, 3.63) is 24.5 Å². The molecule has 0 radical (unpaired) electrons. The van der Waals surface area contributed by atoms with Crippen molar-refractivity contribution in [1.29, 1.82) is 0 Å². The van der Waals surface area contributed by atoms with Gasteiger partial charge in [0.2, 0.25) is 10.0 Å². The molecule has 17 heavy (non-hydrogen) atoms. The molecule has 1 unspecified atom stereocenters. The van der Waals surface area contributed by atoms with Crippen LogP contribution in [0.3, 0.4) is 0 Å². The van der Waals surface area contributed by atoms with Gasteiger partial charge in [-0.15, -0.1) is 11.6 Å². The summed E-state index contributed by atoms with van der Waals surface area (Å²) >= 11 is 5.60.